The van der Waals surface area contributed by atoms with E-state index in [0.29, 0.717) is 0 Å². The van der Waals surface area contributed by atoms with E-state index in [1.54, 1.807) is 0 Å². The van der Waals surface area contributed by atoms with Crippen LogP contribution in [0.4, 0.5) is 0 Å². The van der Waals surface area contributed by atoms with Crippen LogP contribution in [0.2, 0.25) is 78.6 Å². The van der Waals surface area contributed by atoms with E-state index < -0.39 is 54.6 Å². The van der Waals surface area contributed by atoms with E-state index in [-0.39, 0.29) is 5.41 Å². The van der Waals surface area contributed by atoms with Gasteiger partial charge >= 0.3 is 175 Å². The van der Waals surface area contributed by atoms with Gasteiger partial charge in [-0.05, 0) is 0 Å². The average molecular weight is 523 g/mol. The molecule has 0 aliphatic carbocycles. The Labute approximate surface area is 174 Å². The molecule has 0 aromatic heterocycles. The second-order valence-corrected chi connectivity index (χ2v) is 38.5. The van der Waals surface area contributed by atoms with E-state index in [9.17, 15) is 0 Å². The van der Waals surface area contributed by atoms with Gasteiger partial charge in [-0.3, -0.25) is 0 Å². The molecule has 0 saturated carbocycles. The van der Waals surface area contributed by atoms with Crippen LogP contribution in [0, 0.1) is 5.41 Å². The van der Waals surface area contributed by atoms with Crippen molar-refractivity contribution in [1.82, 2.24) is 5.24 Å². The zero-order valence-electron chi connectivity index (χ0n) is 19.8. The summed E-state index contributed by atoms with van der Waals surface area (Å²) >= 11 is -0.884. The predicted molar refractivity (Wildman–Crippen MR) is 130 cm³/mol. The molecule has 0 atom stereocenters. The molecular weight excluding hydrogens is 477 g/mol. The average Bonchev–Trinajstić information content (AvgIpc) is 2.18. The minimum absolute atomic E-state index is 0.131. The topological polar surface area (TPSA) is 18.8 Å². The Bertz CT molecular complexity index is 461. The molecule has 0 N–H and O–H groups in total. The van der Waals surface area contributed by atoms with Crippen LogP contribution >= 0.6 is 0 Å². The molecule has 0 heterocycles. The summed E-state index contributed by atoms with van der Waals surface area (Å²) in [5.41, 5.74) is 0.131. The van der Waals surface area contributed by atoms with E-state index in [4.69, 9.17) is 4.66 Å². The van der Waals surface area contributed by atoms with Crippen LogP contribution in [0.3, 0.4) is 0 Å². The fraction of sp³-hybridized carbons (Fsp3) is 0.941. The van der Waals surface area contributed by atoms with Crippen LogP contribution in [-0.4, -0.2) is 65.7 Å². The summed E-state index contributed by atoms with van der Waals surface area (Å²) in [5, 5.41) is 0. The molecule has 0 aliphatic rings. The molecule has 0 rings (SSSR count). The summed E-state index contributed by atoms with van der Waals surface area (Å²) in [6.07, 6.45) is 0. The van der Waals surface area contributed by atoms with Crippen LogP contribution in [0.5, 0.6) is 0 Å². The van der Waals surface area contributed by atoms with E-state index >= 15 is 0 Å². The number of hydrogen-bond donors (Lipinski definition) is 0. The molecule has 0 unspecified atom stereocenters. The molecule has 148 valence electrons. The zero-order valence-corrected chi connectivity index (χ0v) is 26.7. The van der Waals surface area contributed by atoms with Crippen molar-refractivity contribution in [2.24, 2.45) is 10.1 Å². The molecular formula is C17H45N3Si4Sn. The Morgan fingerprint density at radius 2 is 1.04 bits per heavy atom. The van der Waals surface area contributed by atoms with Crippen LogP contribution in [0.15, 0.2) is 4.66 Å². The van der Waals surface area contributed by atoms with Gasteiger partial charge in [0.15, 0.2) is 0 Å². The second-order valence-electron chi connectivity index (χ2n) is 12.1. The first-order valence-corrected chi connectivity index (χ1v) is 25.9. The number of nitrogens with zero attached hydrogens (tertiary/aromatic N) is 3. The summed E-state index contributed by atoms with van der Waals surface area (Å²) in [6.45, 7) is 37.0. The normalized spacial score (nSPS) is 15.8. The molecule has 2 radical (unpaired) electrons. The van der Waals surface area contributed by atoms with Crippen molar-refractivity contribution >= 4 is 60.5 Å². The summed E-state index contributed by atoms with van der Waals surface area (Å²) in [7, 11) is -5.63. The minimum atomic E-state index is -1.51. The molecule has 0 aromatic carbocycles. The van der Waals surface area contributed by atoms with Gasteiger partial charge in [-0.25, -0.2) is 0 Å². The number of hydrogen-bond acceptors (Lipinski definition) is 2. The van der Waals surface area contributed by atoms with Gasteiger partial charge in [-0.2, -0.15) is 0 Å². The zero-order chi connectivity index (χ0) is 20.6. The monoisotopic (exact) mass is 523 g/mol. The standard InChI is InChI=1S/C11H27N2Si2.C6H18NSi2.Sn/c1-11(2,3)10(12-14(4,5)6)13-15(7,8)9;1-8(2,3)7-9(4,5)6;/h1-9H3;1-6H3;/q2*-1;+2. The third-order valence-electron chi connectivity index (χ3n) is 3.54. The first-order chi connectivity index (χ1) is 10.6. The fourth-order valence-corrected chi connectivity index (χ4v) is 27.2. The van der Waals surface area contributed by atoms with Crippen LogP contribution in [-0.2, 0) is 0 Å². The van der Waals surface area contributed by atoms with E-state index in [1.807, 2.05) is 0 Å². The number of amidine groups is 1. The van der Waals surface area contributed by atoms with Gasteiger partial charge in [-0.15, -0.1) is 0 Å². The molecule has 0 aliphatic heterocycles. The fourth-order valence-electron chi connectivity index (χ4n) is 2.79. The SMILES string of the molecule is CC(C)(C)/C(=N\[Si](C)(C)C)[N]([Sn][N]([Si](C)(C)C)[Si](C)(C)C)[Si](C)(C)C. The maximum absolute atomic E-state index is 5.43. The van der Waals surface area contributed by atoms with Crippen LogP contribution in [0.1, 0.15) is 20.8 Å². The van der Waals surface area contributed by atoms with Crippen LogP contribution < -0.4 is 0 Å². The Morgan fingerprint density at radius 3 is 1.24 bits per heavy atom. The summed E-state index contributed by atoms with van der Waals surface area (Å²) < 4.78 is 11.4. The van der Waals surface area contributed by atoms with Crippen molar-refractivity contribution in [3.63, 3.8) is 0 Å². The Hall–Kier alpha value is 1.10. The third-order valence-corrected chi connectivity index (χ3v) is 33.7. The van der Waals surface area contributed by atoms with Gasteiger partial charge in [0.05, 0.1) is 0 Å². The van der Waals surface area contributed by atoms with E-state index in [0.717, 1.165) is 0 Å². The van der Waals surface area contributed by atoms with Gasteiger partial charge in [0.2, 0.25) is 0 Å². The molecule has 0 bridgehead atoms. The molecule has 0 spiro atoms. The molecule has 0 aromatic rings. The molecule has 0 fully saturated rings. The molecule has 0 amide bonds. The molecule has 25 heavy (non-hydrogen) atoms. The van der Waals surface area contributed by atoms with E-state index in [2.05, 4.69) is 105 Å². The third kappa shape index (κ3) is 9.22. The van der Waals surface area contributed by atoms with Gasteiger partial charge in [-0.1, -0.05) is 0 Å². The van der Waals surface area contributed by atoms with Crippen molar-refractivity contribution in [2.75, 3.05) is 0 Å². The maximum atomic E-state index is 5.43. The Morgan fingerprint density at radius 1 is 0.680 bits per heavy atom. The van der Waals surface area contributed by atoms with Gasteiger partial charge in [0.1, 0.15) is 0 Å². The van der Waals surface area contributed by atoms with Crippen LogP contribution in [0.25, 0.3) is 0 Å². The molecule has 0 saturated heterocycles. The van der Waals surface area contributed by atoms with Gasteiger partial charge in [0, 0.05) is 0 Å². The summed E-state index contributed by atoms with van der Waals surface area (Å²) in [5.74, 6) is 1.43. The predicted octanol–water partition coefficient (Wildman–Crippen LogP) is 5.91. The number of rotatable bonds is 6. The van der Waals surface area contributed by atoms with Gasteiger partial charge in [0.25, 0.3) is 0 Å². The molecule has 3 nitrogen and oxygen atoms in total. The Balaban J connectivity index is 6.31. The molecule has 8 heteroatoms. The quantitative estimate of drug-likeness (QED) is 0.245. The van der Waals surface area contributed by atoms with Crippen molar-refractivity contribution < 1.29 is 0 Å². The first kappa shape index (κ1) is 26.1. The van der Waals surface area contributed by atoms with Crippen molar-refractivity contribution in [3.8, 4) is 0 Å². The van der Waals surface area contributed by atoms with Crippen molar-refractivity contribution in [1.29, 1.82) is 0 Å². The summed E-state index contributed by atoms with van der Waals surface area (Å²) in [6, 6.07) is 0. The van der Waals surface area contributed by atoms with Gasteiger partial charge < -0.3 is 0 Å². The Kier molecular flexibility index (Phi) is 8.58. The van der Waals surface area contributed by atoms with Crippen molar-refractivity contribution in [3.05, 3.63) is 0 Å². The van der Waals surface area contributed by atoms with Crippen molar-refractivity contribution in [2.45, 2.75) is 99.3 Å². The summed E-state index contributed by atoms with van der Waals surface area (Å²) in [4.78, 5) is 0. The second kappa shape index (κ2) is 8.22. The van der Waals surface area contributed by atoms with E-state index in [1.165, 1.54) is 5.84 Å². The first-order valence-electron chi connectivity index (χ1n) is 9.54.